The van der Waals surface area contributed by atoms with Gasteiger partial charge in [-0.15, -0.1) is 11.3 Å². The number of carbonyl (C=O) groups is 2. The van der Waals surface area contributed by atoms with Gasteiger partial charge in [0.05, 0.1) is 28.6 Å². The van der Waals surface area contributed by atoms with Gasteiger partial charge in [-0.25, -0.2) is 4.79 Å². The maximum absolute atomic E-state index is 12.4. The fourth-order valence-corrected chi connectivity index (χ4v) is 5.99. The molecular weight excluding hydrogens is 422 g/mol. The summed E-state index contributed by atoms with van der Waals surface area (Å²) in [5.41, 5.74) is 4.39. The van der Waals surface area contributed by atoms with E-state index in [9.17, 15) is 9.59 Å². The van der Waals surface area contributed by atoms with Crippen LogP contribution >= 0.6 is 22.9 Å². The van der Waals surface area contributed by atoms with E-state index in [0.29, 0.717) is 21.4 Å². The van der Waals surface area contributed by atoms with Crippen molar-refractivity contribution in [3.63, 3.8) is 0 Å². The van der Waals surface area contributed by atoms with Gasteiger partial charge in [0.25, 0.3) is 0 Å². The largest absolute Gasteiger partial charge is 0.465 e. The highest BCUT2D eigenvalue weighted by Crippen LogP contribution is 2.48. The molecule has 1 fully saturated rings. The second-order valence-electron chi connectivity index (χ2n) is 7.58. The number of thiophene rings is 1. The van der Waals surface area contributed by atoms with E-state index in [2.05, 4.69) is 0 Å². The zero-order valence-electron chi connectivity index (χ0n) is 17.1. The van der Waals surface area contributed by atoms with Gasteiger partial charge < -0.3 is 14.0 Å². The minimum atomic E-state index is -0.482. The van der Waals surface area contributed by atoms with Crippen molar-refractivity contribution >= 4 is 45.4 Å². The second-order valence-corrected chi connectivity index (χ2v) is 9.04. The van der Waals surface area contributed by atoms with Crippen LogP contribution in [0, 0.1) is 0 Å². The number of aldehydes is 1. The normalized spacial score (nSPS) is 14.9. The van der Waals surface area contributed by atoms with Gasteiger partial charge in [0.1, 0.15) is 11.6 Å². The Morgan fingerprint density at radius 1 is 1.20 bits per heavy atom. The van der Waals surface area contributed by atoms with Crippen LogP contribution < -0.4 is 0 Å². The Bertz CT molecular complexity index is 1080. The average Bonchev–Trinajstić information content (AvgIpc) is 3.29. The summed E-state index contributed by atoms with van der Waals surface area (Å²) in [5.74, 6) is -0.112. The van der Waals surface area contributed by atoms with Crippen molar-refractivity contribution in [2.24, 2.45) is 0 Å². The molecule has 0 aliphatic heterocycles. The second kappa shape index (κ2) is 8.92. The van der Waals surface area contributed by atoms with Gasteiger partial charge in [-0.2, -0.15) is 0 Å². The van der Waals surface area contributed by atoms with Gasteiger partial charge in [0.2, 0.25) is 0 Å². The van der Waals surface area contributed by atoms with Crippen molar-refractivity contribution in [2.75, 3.05) is 14.2 Å². The predicted octanol–water partition coefficient (Wildman–Crippen LogP) is 6.27. The van der Waals surface area contributed by atoms with E-state index in [4.69, 9.17) is 21.1 Å². The fourth-order valence-electron chi connectivity index (χ4n) is 4.55. The van der Waals surface area contributed by atoms with E-state index in [1.54, 1.807) is 7.11 Å². The quantitative estimate of drug-likeness (QED) is 0.331. The maximum atomic E-state index is 12.4. The third-order valence-electron chi connectivity index (χ3n) is 5.84. The lowest BCUT2D eigenvalue weighted by Gasteiger charge is -2.23. The molecular formula is C23H24ClNO4S. The predicted molar refractivity (Wildman–Crippen MR) is 120 cm³/mol. The number of carbonyl (C=O) groups excluding carboxylic acids is 2. The molecule has 7 heteroatoms. The summed E-state index contributed by atoms with van der Waals surface area (Å²) >= 11 is 7.49. The van der Waals surface area contributed by atoms with Gasteiger partial charge in [0, 0.05) is 12.1 Å². The highest BCUT2D eigenvalue weighted by atomic mass is 35.5. The number of halogens is 1. The Kier molecular flexibility index (Phi) is 6.27. The standard InChI is InChI=1S/C23H24ClNO4S/c1-28-13-25-19(15-8-10-16(24)11-9-15)18(14-6-4-3-5-7-14)22-20(25)17(12-26)21(30-22)23(27)29-2/h8-12,14H,3-7,13H2,1-2H3. The monoisotopic (exact) mass is 445 g/mol. The van der Waals surface area contributed by atoms with Crippen LogP contribution in [0.25, 0.3) is 21.5 Å². The van der Waals surface area contributed by atoms with E-state index in [1.807, 2.05) is 28.8 Å². The summed E-state index contributed by atoms with van der Waals surface area (Å²) in [6.07, 6.45) is 6.54. The first-order chi connectivity index (χ1) is 14.6. The molecule has 30 heavy (non-hydrogen) atoms. The molecule has 0 atom stereocenters. The van der Waals surface area contributed by atoms with E-state index in [1.165, 1.54) is 43.3 Å². The molecule has 1 aliphatic carbocycles. The minimum Gasteiger partial charge on any atom is -0.465 e. The molecule has 1 aromatic carbocycles. The number of benzene rings is 1. The number of aromatic nitrogens is 1. The lowest BCUT2D eigenvalue weighted by molar-refractivity contribution is 0.0604. The van der Waals surface area contributed by atoms with Crippen LogP contribution in [0.4, 0.5) is 0 Å². The third-order valence-corrected chi connectivity index (χ3v) is 7.30. The number of ether oxygens (including phenoxy) is 2. The first-order valence-corrected chi connectivity index (χ1v) is 11.3. The van der Waals surface area contributed by atoms with Crippen molar-refractivity contribution in [1.82, 2.24) is 4.57 Å². The fraction of sp³-hybridized carbons (Fsp3) is 0.391. The molecule has 0 bridgehead atoms. The highest BCUT2D eigenvalue weighted by Gasteiger charge is 2.32. The molecule has 1 saturated carbocycles. The van der Waals surface area contributed by atoms with E-state index in [0.717, 1.165) is 40.6 Å². The molecule has 0 radical (unpaired) electrons. The first-order valence-electron chi connectivity index (χ1n) is 10.1. The van der Waals surface area contributed by atoms with E-state index in [-0.39, 0.29) is 6.73 Å². The van der Waals surface area contributed by atoms with Crippen molar-refractivity contribution in [1.29, 1.82) is 0 Å². The van der Waals surface area contributed by atoms with Crippen molar-refractivity contribution in [3.8, 4) is 11.3 Å². The average molecular weight is 446 g/mol. The lowest BCUT2D eigenvalue weighted by Crippen LogP contribution is -2.09. The number of esters is 1. The summed E-state index contributed by atoms with van der Waals surface area (Å²) in [6.45, 7) is 0.277. The van der Waals surface area contributed by atoms with Crippen LogP contribution in [-0.4, -0.2) is 31.0 Å². The van der Waals surface area contributed by atoms with Gasteiger partial charge in [-0.3, -0.25) is 4.79 Å². The summed E-state index contributed by atoms with van der Waals surface area (Å²) in [7, 11) is 2.97. The molecule has 3 aromatic rings. The Hall–Kier alpha value is -2.15. The van der Waals surface area contributed by atoms with Crippen LogP contribution in [0.3, 0.4) is 0 Å². The number of nitrogens with zero attached hydrogens (tertiary/aromatic N) is 1. The summed E-state index contributed by atoms with van der Waals surface area (Å²) in [4.78, 5) is 24.8. The molecule has 4 rings (SSSR count). The summed E-state index contributed by atoms with van der Waals surface area (Å²) < 4.78 is 13.5. The van der Waals surface area contributed by atoms with Crippen LogP contribution in [0.15, 0.2) is 24.3 Å². The smallest absolute Gasteiger partial charge is 0.348 e. The summed E-state index contributed by atoms with van der Waals surface area (Å²) in [5, 5.41) is 0.672. The van der Waals surface area contributed by atoms with Crippen molar-refractivity contribution in [3.05, 3.63) is 45.3 Å². The molecule has 0 spiro atoms. The van der Waals surface area contributed by atoms with Crippen LogP contribution in [0.1, 0.15) is 63.6 Å². The first kappa shape index (κ1) is 21.1. The van der Waals surface area contributed by atoms with Gasteiger partial charge in [-0.05, 0) is 42.0 Å². The number of hydrogen-bond donors (Lipinski definition) is 0. The number of methoxy groups -OCH3 is 2. The Morgan fingerprint density at radius 2 is 1.90 bits per heavy atom. The molecule has 5 nitrogen and oxygen atoms in total. The van der Waals surface area contributed by atoms with Crippen LogP contribution in [0.2, 0.25) is 5.02 Å². The molecule has 0 unspecified atom stereocenters. The van der Waals surface area contributed by atoms with Gasteiger partial charge >= 0.3 is 5.97 Å². The van der Waals surface area contributed by atoms with E-state index < -0.39 is 5.97 Å². The topological polar surface area (TPSA) is 57.5 Å². The number of rotatable bonds is 6. The zero-order chi connectivity index (χ0) is 21.3. The summed E-state index contributed by atoms with van der Waals surface area (Å²) in [6, 6.07) is 7.75. The molecule has 2 aromatic heterocycles. The number of hydrogen-bond acceptors (Lipinski definition) is 5. The molecule has 0 saturated heterocycles. The molecule has 158 valence electrons. The molecule has 0 amide bonds. The highest BCUT2D eigenvalue weighted by molar-refractivity contribution is 7.21. The van der Waals surface area contributed by atoms with Gasteiger partial charge in [-0.1, -0.05) is 43.0 Å². The van der Waals surface area contributed by atoms with Crippen LogP contribution in [0.5, 0.6) is 0 Å². The minimum absolute atomic E-state index is 0.277. The Morgan fingerprint density at radius 3 is 2.50 bits per heavy atom. The van der Waals surface area contributed by atoms with Crippen molar-refractivity contribution < 1.29 is 19.1 Å². The molecule has 1 aliphatic rings. The Labute approximate surface area is 184 Å². The van der Waals surface area contributed by atoms with E-state index >= 15 is 0 Å². The van der Waals surface area contributed by atoms with Crippen molar-refractivity contribution in [2.45, 2.75) is 44.8 Å². The Balaban J connectivity index is 2.07. The molecule has 0 N–H and O–H groups in total. The zero-order valence-corrected chi connectivity index (χ0v) is 18.6. The SMILES string of the molecule is COCn1c(-c2ccc(Cl)cc2)c(C2CCCCC2)c2sc(C(=O)OC)c(C=O)c21. The lowest BCUT2D eigenvalue weighted by atomic mass is 9.83. The third kappa shape index (κ3) is 3.57. The van der Waals surface area contributed by atoms with Gasteiger partial charge in [0.15, 0.2) is 6.29 Å². The number of fused-ring (bicyclic) bond motifs is 1. The maximum Gasteiger partial charge on any atom is 0.348 e. The van der Waals surface area contributed by atoms with Crippen LogP contribution in [-0.2, 0) is 16.2 Å². The molecule has 2 heterocycles.